The van der Waals surface area contributed by atoms with E-state index in [1.807, 2.05) is 18.2 Å². The van der Waals surface area contributed by atoms with Gasteiger partial charge in [-0.25, -0.2) is 4.98 Å². The van der Waals surface area contributed by atoms with E-state index >= 15 is 0 Å². The average Bonchev–Trinajstić information content (AvgIpc) is 3.19. The number of ketones is 1. The van der Waals surface area contributed by atoms with Crippen molar-refractivity contribution in [2.45, 2.75) is 0 Å². The Morgan fingerprint density at radius 1 is 1.32 bits per heavy atom. The molecule has 2 heterocycles. The summed E-state index contributed by atoms with van der Waals surface area (Å²) in [5, 5.41) is 15.9. The molecule has 22 heavy (non-hydrogen) atoms. The van der Waals surface area contributed by atoms with Crippen LogP contribution in [0.4, 0.5) is 0 Å². The van der Waals surface area contributed by atoms with Crippen molar-refractivity contribution in [1.82, 2.24) is 15.2 Å². The van der Waals surface area contributed by atoms with Gasteiger partial charge in [-0.15, -0.1) is 0 Å². The second kappa shape index (κ2) is 5.96. The molecule has 0 fully saturated rings. The third-order valence-electron chi connectivity index (χ3n) is 2.75. The van der Waals surface area contributed by atoms with Crippen molar-refractivity contribution in [2.24, 2.45) is 0 Å². The number of allylic oxidation sites excluding steroid dienone is 1. The maximum absolute atomic E-state index is 11.8. The number of carbonyl (C=O) groups excluding carboxylic acids is 1. The number of aromatic nitrogens is 3. The minimum Gasteiger partial charge on any atom is -0.507 e. The van der Waals surface area contributed by atoms with Gasteiger partial charge in [0.1, 0.15) is 24.1 Å². The van der Waals surface area contributed by atoms with Crippen LogP contribution in [0.1, 0.15) is 16.2 Å². The highest BCUT2D eigenvalue weighted by molar-refractivity contribution is 6.05. The molecule has 0 unspecified atom stereocenters. The number of aromatic amines is 1. The SMILES string of the molecule is O=C(C=C(O)c1coc(Oc2ccccc2)c1)c1ncn[nH]1. The van der Waals surface area contributed by atoms with Crippen molar-refractivity contribution in [1.29, 1.82) is 0 Å². The molecule has 3 aromatic rings. The molecule has 0 aliphatic rings. The molecular weight excluding hydrogens is 286 g/mol. The standard InChI is InChI=1S/C15H11N3O4/c19-12(7-13(20)15-16-9-17-18-15)10-6-14(21-8-10)22-11-4-2-1-3-5-11/h1-9,19H,(H,16,17,18). The normalized spacial score (nSPS) is 11.4. The fraction of sp³-hybridized carbons (Fsp3) is 0. The second-order valence-corrected chi connectivity index (χ2v) is 4.30. The Labute approximate surface area is 124 Å². The fourth-order valence-corrected chi connectivity index (χ4v) is 1.71. The van der Waals surface area contributed by atoms with Crippen molar-refractivity contribution in [3.8, 4) is 11.7 Å². The Morgan fingerprint density at radius 3 is 2.86 bits per heavy atom. The van der Waals surface area contributed by atoms with E-state index in [2.05, 4.69) is 15.2 Å². The minimum atomic E-state index is -0.498. The summed E-state index contributed by atoms with van der Waals surface area (Å²) in [7, 11) is 0. The van der Waals surface area contributed by atoms with Crippen LogP contribution in [0.3, 0.4) is 0 Å². The molecule has 1 aromatic carbocycles. The van der Waals surface area contributed by atoms with Crippen LogP contribution in [0.15, 0.2) is 59.5 Å². The van der Waals surface area contributed by atoms with Crippen LogP contribution in [0.5, 0.6) is 11.7 Å². The van der Waals surface area contributed by atoms with Gasteiger partial charge >= 0.3 is 0 Å². The van der Waals surface area contributed by atoms with E-state index in [1.165, 1.54) is 18.7 Å². The molecule has 0 aliphatic carbocycles. The first-order valence-corrected chi connectivity index (χ1v) is 6.34. The molecule has 0 atom stereocenters. The van der Waals surface area contributed by atoms with Crippen molar-refractivity contribution in [3.63, 3.8) is 0 Å². The first-order valence-electron chi connectivity index (χ1n) is 6.34. The number of carbonyl (C=O) groups is 1. The zero-order valence-corrected chi connectivity index (χ0v) is 11.3. The molecule has 0 spiro atoms. The van der Waals surface area contributed by atoms with Gasteiger partial charge in [0, 0.05) is 12.1 Å². The highest BCUT2D eigenvalue weighted by Gasteiger charge is 2.12. The van der Waals surface area contributed by atoms with E-state index in [9.17, 15) is 9.90 Å². The number of para-hydroxylation sites is 1. The monoisotopic (exact) mass is 297 g/mol. The van der Waals surface area contributed by atoms with Crippen LogP contribution in [0, 0.1) is 0 Å². The van der Waals surface area contributed by atoms with E-state index in [0.29, 0.717) is 11.3 Å². The van der Waals surface area contributed by atoms with Crippen LogP contribution < -0.4 is 4.74 Å². The van der Waals surface area contributed by atoms with Gasteiger partial charge in [0.2, 0.25) is 5.78 Å². The number of nitrogens with zero attached hydrogens (tertiary/aromatic N) is 2. The largest absolute Gasteiger partial charge is 0.507 e. The predicted octanol–water partition coefficient (Wildman–Crippen LogP) is 2.97. The molecular formula is C15H11N3O4. The third kappa shape index (κ3) is 3.04. The highest BCUT2D eigenvalue weighted by atomic mass is 16.6. The summed E-state index contributed by atoms with van der Waals surface area (Å²) in [5.74, 6) is 0.0865. The number of hydrogen-bond acceptors (Lipinski definition) is 6. The summed E-state index contributed by atoms with van der Waals surface area (Å²) in [4.78, 5) is 15.5. The number of nitrogens with one attached hydrogen (secondary N) is 1. The zero-order chi connectivity index (χ0) is 15.4. The molecule has 2 aromatic heterocycles. The topological polar surface area (TPSA) is 101 Å². The maximum Gasteiger partial charge on any atom is 0.290 e. The lowest BCUT2D eigenvalue weighted by Gasteiger charge is -1.99. The molecule has 110 valence electrons. The summed E-state index contributed by atoms with van der Waals surface area (Å²) in [5.41, 5.74) is 0.318. The second-order valence-electron chi connectivity index (χ2n) is 4.30. The molecule has 0 amide bonds. The highest BCUT2D eigenvalue weighted by Crippen LogP contribution is 2.26. The summed E-state index contributed by atoms with van der Waals surface area (Å²) >= 11 is 0. The molecule has 0 bridgehead atoms. The van der Waals surface area contributed by atoms with E-state index in [-0.39, 0.29) is 17.5 Å². The summed E-state index contributed by atoms with van der Waals surface area (Å²) < 4.78 is 10.7. The Balaban J connectivity index is 1.74. The van der Waals surface area contributed by atoms with Gasteiger partial charge in [-0.3, -0.25) is 9.89 Å². The summed E-state index contributed by atoms with van der Waals surface area (Å²) in [6, 6.07) is 10.5. The van der Waals surface area contributed by atoms with E-state index < -0.39 is 5.78 Å². The van der Waals surface area contributed by atoms with Crippen molar-refractivity contribution in [3.05, 3.63) is 66.5 Å². The third-order valence-corrected chi connectivity index (χ3v) is 2.75. The van der Waals surface area contributed by atoms with Gasteiger partial charge in [-0.1, -0.05) is 18.2 Å². The predicted molar refractivity (Wildman–Crippen MR) is 76.5 cm³/mol. The number of aliphatic hydroxyl groups is 1. The lowest BCUT2D eigenvalue weighted by atomic mass is 10.2. The van der Waals surface area contributed by atoms with Crippen LogP contribution >= 0.6 is 0 Å². The van der Waals surface area contributed by atoms with Gasteiger partial charge in [0.05, 0.1) is 5.56 Å². The van der Waals surface area contributed by atoms with Gasteiger partial charge in [-0.2, -0.15) is 5.10 Å². The van der Waals surface area contributed by atoms with Crippen molar-refractivity contribution < 1.29 is 19.1 Å². The Kier molecular flexibility index (Phi) is 3.69. The van der Waals surface area contributed by atoms with E-state index in [1.54, 1.807) is 12.1 Å². The maximum atomic E-state index is 11.8. The van der Waals surface area contributed by atoms with Crippen LogP contribution in [-0.4, -0.2) is 26.1 Å². The molecule has 0 saturated heterocycles. The van der Waals surface area contributed by atoms with Crippen LogP contribution in [-0.2, 0) is 0 Å². The minimum absolute atomic E-state index is 0.0378. The number of H-pyrrole nitrogens is 1. The Bertz CT molecular complexity index is 791. The molecule has 0 saturated carbocycles. The average molecular weight is 297 g/mol. The quantitative estimate of drug-likeness (QED) is 0.426. The lowest BCUT2D eigenvalue weighted by Crippen LogP contribution is -1.98. The Hall–Kier alpha value is -3.35. The first kappa shape index (κ1) is 13.6. The number of rotatable bonds is 5. The van der Waals surface area contributed by atoms with Crippen LogP contribution in [0.25, 0.3) is 5.76 Å². The van der Waals surface area contributed by atoms with Gasteiger partial charge < -0.3 is 14.3 Å². The lowest BCUT2D eigenvalue weighted by molar-refractivity contribution is 0.103. The van der Waals surface area contributed by atoms with Crippen molar-refractivity contribution in [2.75, 3.05) is 0 Å². The number of benzene rings is 1. The zero-order valence-electron chi connectivity index (χ0n) is 11.3. The molecule has 7 nitrogen and oxygen atoms in total. The van der Waals surface area contributed by atoms with E-state index in [4.69, 9.17) is 9.15 Å². The fourth-order valence-electron chi connectivity index (χ4n) is 1.71. The molecule has 7 heteroatoms. The van der Waals surface area contributed by atoms with Gasteiger partial charge in [-0.05, 0) is 12.1 Å². The smallest absolute Gasteiger partial charge is 0.290 e. The summed E-state index contributed by atoms with van der Waals surface area (Å²) in [6.45, 7) is 0. The van der Waals surface area contributed by atoms with Crippen LogP contribution in [0.2, 0.25) is 0 Å². The number of furan rings is 1. The van der Waals surface area contributed by atoms with E-state index in [0.717, 1.165) is 6.08 Å². The Morgan fingerprint density at radius 2 is 2.14 bits per heavy atom. The molecule has 0 aliphatic heterocycles. The summed E-state index contributed by atoms with van der Waals surface area (Å²) in [6.07, 6.45) is 3.53. The molecule has 2 N–H and O–H groups in total. The number of aliphatic hydroxyl groups excluding tert-OH is 1. The first-order chi connectivity index (χ1) is 10.7. The molecule has 3 rings (SSSR count). The molecule has 0 radical (unpaired) electrons. The van der Waals surface area contributed by atoms with Gasteiger partial charge in [0.15, 0.2) is 5.82 Å². The number of ether oxygens (including phenoxy) is 1. The van der Waals surface area contributed by atoms with Crippen molar-refractivity contribution >= 4 is 11.5 Å². The number of hydrogen-bond donors (Lipinski definition) is 2. The van der Waals surface area contributed by atoms with Gasteiger partial charge in [0.25, 0.3) is 5.95 Å².